The predicted molar refractivity (Wildman–Crippen MR) is 93.1 cm³/mol. The van der Waals surface area contributed by atoms with E-state index >= 15 is 0 Å². The van der Waals surface area contributed by atoms with Crippen molar-refractivity contribution in [2.45, 2.75) is 61.4 Å². The molecular weight excluding hydrogens is 332 g/mol. The molecule has 1 atom stereocenters. The van der Waals surface area contributed by atoms with Gasteiger partial charge in [0.25, 0.3) is 0 Å². The lowest BCUT2D eigenvalue weighted by Crippen LogP contribution is -2.37. The molecule has 0 bridgehead atoms. The van der Waals surface area contributed by atoms with E-state index in [9.17, 15) is 4.79 Å². The molecule has 0 spiro atoms. The van der Waals surface area contributed by atoms with Gasteiger partial charge < -0.3 is 15.4 Å². The van der Waals surface area contributed by atoms with Crippen LogP contribution in [0.3, 0.4) is 0 Å². The normalized spacial score (nSPS) is 22.2. The summed E-state index contributed by atoms with van der Waals surface area (Å²) in [6, 6.07) is 0.370. The Labute approximate surface area is 145 Å². The molecule has 0 radical (unpaired) electrons. The van der Waals surface area contributed by atoms with Crippen LogP contribution < -0.4 is 10.6 Å². The lowest BCUT2D eigenvalue weighted by atomic mass is 9.95. The fourth-order valence-corrected chi connectivity index (χ4v) is 4.56. The number of amides is 1. The molecular formula is C15H24N4O2S2. The average molecular weight is 357 g/mol. The van der Waals surface area contributed by atoms with Gasteiger partial charge in [-0.1, -0.05) is 42.4 Å². The zero-order valence-electron chi connectivity index (χ0n) is 13.3. The van der Waals surface area contributed by atoms with Crippen molar-refractivity contribution in [2.24, 2.45) is 0 Å². The lowest BCUT2D eigenvalue weighted by Gasteiger charge is -2.22. The van der Waals surface area contributed by atoms with Gasteiger partial charge in [0.2, 0.25) is 11.0 Å². The molecule has 2 fully saturated rings. The minimum Gasteiger partial charge on any atom is -0.376 e. The molecule has 2 N–H and O–H groups in total. The summed E-state index contributed by atoms with van der Waals surface area (Å²) in [5, 5.41) is 15.4. The lowest BCUT2D eigenvalue weighted by molar-refractivity contribution is -0.119. The summed E-state index contributed by atoms with van der Waals surface area (Å²) in [6.07, 6.45) is 8.53. The molecule has 1 saturated carbocycles. The van der Waals surface area contributed by atoms with Crippen molar-refractivity contribution in [3.8, 4) is 0 Å². The Bertz CT molecular complexity index is 499. The zero-order valence-corrected chi connectivity index (χ0v) is 14.9. The van der Waals surface area contributed by atoms with Crippen LogP contribution in [-0.4, -0.2) is 47.2 Å². The highest BCUT2D eigenvalue weighted by molar-refractivity contribution is 8.01. The molecule has 23 heavy (non-hydrogen) atoms. The SMILES string of the molecule is O=C(CSc1nnc(NCC2CCCO2)s1)NC1CCCCC1. The molecule has 1 saturated heterocycles. The van der Waals surface area contributed by atoms with E-state index in [4.69, 9.17) is 4.74 Å². The van der Waals surface area contributed by atoms with Crippen LogP contribution >= 0.6 is 23.1 Å². The van der Waals surface area contributed by atoms with Crippen LogP contribution in [-0.2, 0) is 9.53 Å². The highest BCUT2D eigenvalue weighted by Gasteiger charge is 2.17. The Balaban J connectivity index is 1.35. The molecule has 1 unspecified atom stereocenters. The Morgan fingerprint density at radius 1 is 1.22 bits per heavy atom. The number of rotatable bonds is 7. The van der Waals surface area contributed by atoms with Crippen molar-refractivity contribution in [2.75, 3.05) is 24.2 Å². The van der Waals surface area contributed by atoms with E-state index in [0.717, 1.165) is 48.3 Å². The third kappa shape index (κ3) is 5.61. The second kappa shape index (κ2) is 8.84. The zero-order chi connectivity index (χ0) is 15.9. The number of hydrogen-bond acceptors (Lipinski definition) is 7. The average Bonchev–Trinajstić information content (AvgIpc) is 3.24. The molecule has 1 aliphatic heterocycles. The van der Waals surface area contributed by atoms with Crippen LogP contribution in [0.1, 0.15) is 44.9 Å². The summed E-state index contributed by atoms with van der Waals surface area (Å²) >= 11 is 2.96. The summed E-state index contributed by atoms with van der Waals surface area (Å²) in [6.45, 7) is 1.64. The second-order valence-corrected chi connectivity index (χ2v) is 8.28. The number of carbonyl (C=O) groups excluding carboxylic acids is 1. The number of nitrogens with one attached hydrogen (secondary N) is 2. The van der Waals surface area contributed by atoms with Gasteiger partial charge in [-0.25, -0.2) is 0 Å². The van der Waals surface area contributed by atoms with Crippen molar-refractivity contribution >= 4 is 34.1 Å². The highest BCUT2D eigenvalue weighted by atomic mass is 32.2. The molecule has 1 amide bonds. The maximum Gasteiger partial charge on any atom is 0.230 e. The molecule has 3 rings (SSSR count). The molecule has 2 heterocycles. The van der Waals surface area contributed by atoms with Gasteiger partial charge in [-0.05, 0) is 25.7 Å². The predicted octanol–water partition coefficient (Wildman–Crippen LogP) is 2.67. The highest BCUT2D eigenvalue weighted by Crippen LogP contribution is 2.26. The van der Waals surface area contributed by atoms with Crippen LogP contribution in [0.2, 0.25) is 0 Å². The monoisotopic (exact) mass is 356 g/mol. The molecule has 2 aliphatic rings. The third-order valence-corrected chi connectivity index (χ3v) is 6.22. The molecule has 1 aromatic rings. The van der Waals surface area contributed by atoms with Crippen molar-refractivity contribution in [3.63, 3.8) is 0 Å². The molecule has 1 aromatic heterocycles. The van der Waals surface area contributed by atoms with E-state index in [0.29, 0.717) is 11.8 Å². The maximum atomic E-state index is 12.0. The fourth-order valence-electron chi connectivity index (χ4n) is 2.99. The maximum absolute atomic E-state index is 12.0. The smallest absolute Gasteiger partial charge is 0.230 e. The first kappa shape index (κ1) is 17.0. The van der Waals surface area contributed by atoms with Gasteiger partial charge in [-0.2, -0.15) is 0 Å². The number of anilines is 1. The van der Waals surface area contributed by atoms with Crippen molar-refractivity contribution in [1.82, 2.24) is 15.5 Å². The first-order valence-electron chi connectivity index (χ1n) is 8.41. The van der Waals surface area contributed by atoms with Crippen LogP contribution in [0.5, 0.6) is 0 Å². The molecule has 6 nitrogen and oxygen atoms in total. The van der Waals surface area contributed by atoms with Crippen LogP contribution in [0.4, 0.5) is 5.13 Å². The molecule has 128 valence electrons. The first-order chi connectivity index (χ1) is 11.3. The Morgan fingerprint density at radius 3 is 2.87 bits per heavy atom. The van der Waals surface area contributed by atoms with Crippen LogP contribution in [0, 0.1) is 0 Å². The van der Waals surface area contributed by atoms with Gasteiger partial charge in [-0.15, -0.1) is 10.2 Å². The summed E-state index contributed by atoms with van der Waals surface area (Å²) < 4.78 is 6.40. The summed E-state index contributed by atoms with van der Waals surface area (Å²) in [7, 11) is 0. The van der Waals surface area contributed by atoms with E-state index in [1.165, 1.54) is 42.4 Å². The van der Waals surface area contributed by atoms with E-state index in [-0.39, 0.29) is 12.0 Å². The van der Waals surface area contributed by atoms with Crippen LogP contribution in [0.25, 0.3) is 0 Å². The number of carbonyl (C=O) groups is 1. The Kier molecular flexibility index (Phi) is 6.53. The topological polar surface area (TPSA) is 76.1 Å². The fraction of sp³-hybridized carbons (Fsp3) is 0.800. The van der Waals surface area contributed by atoms with Gasteiger partial charge >= 0.3 is 0 Å². The summed E-state index contributed by atoms with van der Waals surface area (Å²) in [5.41, 5.74) is 0. The third-order valence-electron chi connectivity index (χ3n) is 4.21. The molecule has 1 aliphatic carbocycles. The number of aromatic nitrogens is 2. The van der Waals surface area contributed by atoms with E-state index in [2.05, 4.69) is 20.8 Å². The van der Waals surface area contributed by atoms with E-state index in [1.807, 2.05) is 0 Å². The van der Waals surface area contributed by atoms with Crippen LogP contribution in [0.15, 0.2) is 4.34 Å². The minimum absolute atomic E-state index is 0.103. The van der Waals surface area contributed by atoms with E-state index < -0.39 is 0 Å². The summed E-state index contributed by atoms with van der Waals surface area (Å²) in [4.78, 5) is 12.0. The number of thioether (sulfide) groups is 1. The molecule has 8 heteroatoms. The van der Waals surface area contributed by atoms with E-state index in [1.54, 1.807) is 0 Å². The standard InChI is InChI=1S/C15H24N4O2S2/c20-13(17-11-5-2-1-3-6-11)10-22-15-19-18-14(23-15)16-9-12-7-4-8-21-12/h11-12H,1-10H2,(H,16,18)(H,17,20). The minimum atomic E-state index is 0.103. The quantitative estimate of drug-likeness (QED) is 0.732. The van der Waals surface area contributed by atoms with Crippen molar-refractivity contribution < 1.29 is 9.53 Å². The largest absolute Gasteiger partial charge is 0.376 e. The van der Waals surface area contributed by atoms with Gasteiger partial charge in [-0.3, -0.25) is 4.79 Å². The van der Waals surface area contributed by atoms with Gasteiger partial charge in [0, 0.05) is 19.2 Å². The summed E-state index contributed by atoms with van der Waals surface area (Å²) in [5.74, 6) is 0.516. The van der Waals surface area contributed by atoms with Crippen molar-refractivity contribution in [3.05, 3.63) is 0 Å². The Hall–Kier alpha value is -0.860. The van der Waals surface area contributed by atoms with Crippen molar-refractivity contribution in [1.29, 1.82) is 0 Å². The second-order valence-electron chi connectivity index (χ2n) is 6.08. The first-order valence-corrected chi connectivity index (χ1v) is 10.2. The molecule has 0 aromatic carbocycles. The van der Waals surface area contributed by atoms with Gasteiger partial charge in [0.05, 0.1) is 11.9 Å². The number of ether oxygens (including phenoxy) is 1. The van der Waals surface area contributed by atoms with Gasteiger partial charge in [0.15, 0.2) is 4.34 Å². The number of nitrogens with zero attached hydrogens (tertiary/aromatic N) is 2. The number of hydrogen-bond donors (Lipinski definition) is 2. The Morgan fingerprint density at radius 2 is 2.09 bits per heavy atom. The van der Waals surface area contributed by atoms with Gasteiger partial charge in [0.1, 0.15) is 0 Å².